The van der Waals surface area contributed by atoms with Gasteiger partial charge in [-0.05, 0) is 55.5 Å². The van der Waals surface area contributed by atoms with Gasteiger partial charge in [0.05, 0.1) is 0 Å². The molecule has 0 amide bonds. The zero-order chi connectivity index (χ0) is 11.5. The summed E-state index contributed by atoms with van der Waals surface area (Å²) in [7, 11) is 1.96. The van der Waals surface area contributed by atoms with Gasteiger partial charge in [-0.1, -0.05) is 23.8 Å². The number of hydrogen-bond acceptors (Lipinski definition) is 1. The van der Waals surface area contributed by atoms with Crippen LogP contribution in [0.25, 0.3) is 5.57 Å². The monoisotopic (exact) mass is 213 g/mol. The van der Waals surface area contributed by atoms with E-state index in [0.717, 1.165) is 0 Å². The van der Waals surface area contributed by atoms with Gasteiger partial charge in [0.15, 0.2) is 0 Å². The van der Waals surface area contributed by atoms with Gasteiger partial charge < -0.3 is 5.32 Å². The van der Waals surface area contributed by atoms with Crippen molar-refractivity contribution < 1.29 is 0 Å². The largest absolute Gasteiger partial charge is 0.388 e. The molecule has 1 heteroatoms. The molecule has 2 rings (SSSR count). The van der Waals surface area contributed by atoms with Gasteiger partial charge in [0, 0.05) is 12.7 Å². The van der Waals surface area contributed by atoms with E-state index in [1.807, 2.05) is 7.05 Å². The molecule has 0 aliphatic heterocycles. The van der Waals surface area contributed by atoms with Crippen molar-refractivity contribution in [3.8, 4) is 0 Å². The van der Waals surface area contributed by atoms with Crippen LogP contribution in [0.3, 0.4) is 0 Å². The molecular weight excluding hydrogens is 194 g/mol. The summed E-state index contributed by atoms with van der Waals surface area (Å²) in [4.78, 5) is 0. The van der Waals surface area contributed by atoms with E-state index in [0.29, 0.717) is 0 Å². The summed E-state index contributed by atoms with van der Waals surface area (Å²) in [6, 6.07) is 6.57. The van der Waals surface area contributed by atoms with Gasteiger partial charge in [-0.2, -0.15) is 0 Å². The fourth-order valence-corrected chi connectivity index (χ4v) is 2.22. The number of anilines is 1. The second-order valence-electron chi connectivity index (χ2n) is 4.41. The highest BCUT2D eigenvalue weighted by Crippen LogP contribution is 2.30. The molecule has 0 saturated heterocycles. The Morgan fingerprint density at radius 2 is 2.00 bits per heavy atom. The van der Waals surface area contributed by atoms with E-state index in [4.69, 9.17) is 0 Å². The molecule has 1 aromatic carbocycles. The van der Waals surface area contributed by atoms with Crippen molar-refractivity contribution in [1.82, 2.24) is 0 Å². The molecule has 1 aliphatic carbocycles. The molecule has 0 atom stereocenters. The van der Waals surface area contributed by atoms with Crippen LogP contribution >= 0.6 is 0 Å². The molecule has 1 N–H and O–H groups in total. The molecule has 0 aromatic heterocycles. The lowest BCUT2D eigenvalue weighted by molar-refractivity contribution is 0.967. The minimum atomic E-state index is 1.18. The Morgan fingerprint density at radius 3 is 2.62 bits per heavy atom. The van der Waals surface area contributed by atoms with Crippen molar-refractivity contribution >= 4 is 11.3 Å². The van der Waals surface area contributed by atoms with Crippen LogP contribution in [0.5, 0.6) is 0 Å². The standard InChI is InChI=1S/C15H19N/c1-11-6-4-5-7-14(11)15-9-8-13(16-3)10-12(15)2/h5,7-10,16H,4,6H2,1-3H3. The fraction of sp³-hybridized carbons (Fsp3) is 0.333. The Balaban J connectivity index is 2.45. The van der Waals surface area contributed by atoms with Crippen LogP contribution < -0.4 is 5.32 Å². The molecule has 0 radical (unpaired) electrons. The first-order chi connectivity index (χ1) is 7.72. The molecule has 16 heavy (non-hydrogen) atoms. The zero-order valence-electron chi connectivity index (χ0n) is 10.3. The SMILES string of the molecule is CNc1ccc(C2=C(C)CCC=C2)c(C)c1. The van der Waals surface area contributed by atoms with Crippen LogP contribution in [0.15, 0.2) is 35.9 Å². The van der Waals surface area contributed by atoms with Gasteiger partial charge in [0.2, 0.25) is 0 Å². The fourth-order valence-electron chi connectivity index (χ4n) is 2.22. The molecule has 0 saturated carbocycles. The predicted molar refractivity (Wildman–Crippen MR) is 71.7 cm³/mol. The molecule has 0 unspecified atom stereocenters. The van der Waals surface area contributed by atoms with Crippen LogP contribution in [0.4, 0.5) is 5.69 Å². The predicted octanol–water partition coefficient (Wildman–Crippen LogP) is 4.16. The summed E-state index contributed by atoms with van der Waals surface area (Å²) >= 11 is 0. The third-order valence-corrected chi connectivity index (χ3v) is 3.24. The molecule has 1 nitrogen and oxygen atoms in total. The van der Waals surface area contributed by atoms with E-state index >= 15 is 0 Å². The van der Waals surface area contributed by atoms with Gasteiger partial charge in [-0.3, -0.25) is 0 Å². The van der Waals surface area contributed by atoms with Gasteiger partial charge in [-0.15, -0.1) is 0 Å². The highest BCUT2D eigenvalue weighted by Gasteiger charge is 2.09. The van der Waals surface area contributed by atoms with Crippen LogP contribution in [-0.4, -0.2) is 7.05 Å². The Hall–Kier alpha value is -1.50. The summed E-state index contributed by atoms with van der Waals surface area (Å²) in [6.07, 6.45) is 6.91. The van der Waals surface area contributed by atoms with Crippen LogP contribution in [0, 0.1) is 6.92 Å². The second kappa shape index (κ2) is 4.56. The van der Waals surface area contributed by atoms with E-state index in [1.165, 1.54) is 40.8 Å². The Morgan fingerprint density at radius 1 is 1.19 bits per heavy atom. The van der Waals surface area contributed by atoms with Crippen molar-refractivity contribution in [2.24, 2.45) is 0 Å². The molecule has 0 spiro atoms. The van der Waals surface area contributed by atoms with Gasteiger partial charge in [-0.25, -0.2) is 0 Å². The molecule has 0 heterocycles. The molecule has 1 aromatic rings. The van der Waals surface area contributed by atoms with E-state index < -0.39 is 0 Å². The second-order valence-corrected chi connectivity index (χ2v) is 4.41. The first-order valence-electron chi connectivity index (χ1n) is 5.87. The summed E-state index contributed by atoms with van der Waals surface area (Å²) in [6.45, 7) is 4.42. The maximum absolute atomic E-state index is 3.18. The number of rotatable bonds is 2. The smallest absolute Gasteiger partial charge is 0.0340 e. The lowest BCUT2D eigenvalue weighted by Gasteiger charge is -2.15. The van der Waals surface area contributed by atoms with Crippen molar-refractivity contribution in [2.45, 2.75) is 26.7 Å². The van der Waals surface area contributed by atoms with Gasteiger partial charge >= 0.3 is 0 Å². The number of nitrogens with one attached hydrogen (secondary N) is 1. The summed E-state index contributed by atoms with van der Waals surface area (Å²) in [5.74, 6) is 0. The summed E-state index contributed by atoms with van der Waals surface area (Å²) in [5.41, 5.74) is 6.80. The van der Waals surface area contributed by atoms with E-state index in [1.54, 1.807) is 0 Å². The summed E-state index contributed by atoms with van der Waals surface area (Å²) < 4.78 is 0. The van der Waals surface area contributed by atoms with Crippen molar-refractivity contribution in [3.63, 3.8) is 0 Å². The van der Waals surface area contributed by atoms with E-state index in [-0.39, 0.29) is 0 Å². The number of benzene rings is 1. The third kappa shape index (κ3) is 2.04. The third-order valence-electron chi connectivity index (χ3n) is 3.24. The van der Waals surface area contributed by atoms with Crippen LogP contribution in [0.1, 0.15) is 30.9 Å². The topological polar surface area (TPSA) is 12.0 Å². The quantitative estimate of drug-likeness (QED) is 0.777. The number of aryl methyl sites for hydroxylation is 1. The molecule has 84 valence electrons. The molecule has 1 aliphatic rings. The number of hydrogen-bond donors (Lipinski definition) is 1. The molecular formula is C15H19N. The maximum atomic E-state index is 3.18. The normalized spacial score (nSPS) is 15.4. The Labute approximate surface area is 97.9 Å². The first-order valence-corrected chi connectivity index (χ1v) is 5.87. The first kappa shape index (κ1) is 11.0. The minimum absolute atomic E-state index is 1.18. The lowest BCUT2D eigenvalue weighted by Crippen LogP contribution is -1.96. The average Bonchev–Trinajstić information content (AvgIpc) is 2.30. The Kier molecular flexibility index (Phi) is 3.14. The molecule has 0 fully saturated rings. The van der Waals surface area contributed by atoms with E-state index in [2.05, 4.69) is 49.5 Å². The number of allylic oxidation sites excluding steroid dienone is 4. The van der Waals surface area contributed by atoms with Crippen molar-refractivity contribution in [2.75, 3.05) is 12.4 Å². The zero-order valence-corrected chi connectivity index (χ0v) is 10.3. The Bertz CT molecular complexity index is 453. The van der Waals surface area contributed by atoms with Crippen LogP contribution in [0.2, 0.25) is 0 Å². The summed E-state index contributed by atoms with van der Waals surface area (Å²) in [5, 5.41) is 3.18. The van der Waals surface area contributed by atoms with Gasteiger partial charge in [0.25, 0.3) is 0 Å². The maximum Gasteiger partial charge on any atom is 0.0340 e. The van der Waals surface area contributed by atoms with Crippen molar-refractivity contribution in [1.29, 1.82) is 0 Å². The molecule has 0 bridgehead atoms. The lowest BCUT2D eigenvalue weighted by atomic mass is 9.91. The van der Waals surface area contributed by atoms with Gasteiger partial charge in [0.1, 0.15) is 0 Å². The minimum Gasteiger partial charge on any atom is -0.388 e. The highest BCUT2D eigenvalue weighted by atomic mass is 14.8. The van der Waals surface area contributed by atoms with Crippen molar-refractivity contribution in [3.05, 3.63) is 47.1 Å². The van der Waals surface area contributed by atoms with Crippen LogP contribution in [-0.2, 0) is 0 Å². The van der Waals surface area contributed by atoms with E-state index in [9.17, 15) is 0 Å². The highest BCUT2D eigenvalue weighted by molar-refractivity contribution is 5.80. The average molecular weight is 213 g/mol.